The molecule has 0 amide bonds. The van der Waals surface area contributed by atoms with Gasteiger partial charge in [-0.1, -0.05) is 12.1 Å². The second kappa shape index (κ2) is 9.71. The highest BCUT2D eigenvalue weighted by Gasteiger charge is 2.29. The van der Waals surface area contributed by atoms with Gasteiger partial charge in [0.05, 0.1) is 37.4 Å². The molecule has 0 radical (unpaired) electrons. The van der Waals surface area contributed by atoms with Crippen molar-refractivity contribution in [2.24, 2.45) is 0 Å². The first-order valence-electron chi connectivity index (χ1n) is 9.09. The molecule has 1 aliphatic heterocycles. The number of benzene rings is 2. The molecule has 9 heteroatoms. The molecule has 0 bridgehead atoms. The standard InChI is InChI=1S/C20H22BrNO6S/c1-26-17-5-2-15(3-6-17)8-11-28-20(23)16-4-7-18(21)19(14-16)29(24,25)22-9-12-27-13-10-22/h2-7,14H,8-13H2,1H3. The molecule has 1 heterocycles. The third-order valence-electron chi connectivity index (χ3n) is 4.54. The molecule has 0 spiro atoms. The summed E-state index contributed by atoms with van der Waals surface area (Å²) in [5.41, 5.74) is 1.19. The molecule has 1 saturated heterocycles. The van der Waals surface area contributed by atoms with Crippen LogP contribution in [0.5, 0.6) is 5.75 Å². The van der Waals surface area contributed by atoms with E-state index in [1.807, 2.05) is 24.3 Å². The van der Waals surface area contributed by atoms with E-state index in [4.69, 9.17) is 14.2 Å². The molecule has 29 heavy (non-hydrogen) atoms. The van der Waals surface area contributed by atoms with Gasteiger partial charge in [-0.15, -0.1) is 0 Å². The van der Waals surface area contributed by atoms with Gasteiger partial charge in [-0.25, -0.2) is 13.2 Å². The van der Waals surface area contributed by atoms with Gasteiger partial charge in [0.1, 0.15) is 5.75 Å². The second-order valence-electron chi connectivity index (χ2n) is 6.40. The lowest BCUT2D eigenvalue weighted by molar-refractivity contribution is 0.0509. The normalized spacial score (nSPS) is 15.1. The first kappa shape index (κ1) is 21.8. The number of carbonyl (C=O) groups is 1. The fourth-order valence-corrected chi connectivity index (χ4v) is 5.25. The third kappa shape index (κ3) is 5.36. The van der Waals surface area contributed by atoms with Gasteiger partial charge in [-0.05, 0) is 51.8 Å². The van der Waals surface area contributed by atoms with Crippen LogP contribution in [0.4, 0.5) is 0 Å². The Bertz CT molecular complexity index is 955. The number of carbonyl (C=O) groups excluding carboxylic acids is 1. The van der Waals surface area contributed by atoms with Gasteiger partial charge in [0.2, 0.25) is 10.0 Å². The Balaban J connectivity index is 1.67. The Hall–Kier alpha value is -1.94. The summed E-state index contributed by atoms with van der Waals surface area (Å²) in [5.74, 6) is 0.194. The first-order valence-corrected chi connectivity index (χ1v) is 11.3. The highest BCUT2D eigenvalue weighted by atomic mass is 79.9. The lowest BCUT2D eigenvalue weighted by Crippen LogP contribution is -2.40. The summed E-state index contributed by atoms with van der Waals surface area (Å²) in [5, 5.41) is 0. The summed E-state index contributed by atoms with van der Waals surface area (Å²) in [4.78, 5) is 12.5. The number of hydrogen-bond donors (Lipinski definition) is 0. The topological polar surface area (TPSA) is 82.1 Å². The zero-order chi connectivity index (χ0) is 20.9. The Labute approximate surface area is 178 Å². The van der Waals surface area contributed by atoms with Crippen molar-refractivity contribution in [3.63, 3.8) is 0 Å². The van der Waals surface area contributed by atoms with Crippen LogP contribution in [-0.4, -0.2) is 58.7 Å². The third-order valence-corrected chi connectivity index (χ3v) is 7.43. The SMILES string of the molecule is COc1ccc(CCOC(=O)c2ccc(Br)c(S(=O)(=O)N3CCOCC3)c2)cc1. The van der Waals surface area contributed by atoms with E-state index in [0.717, 1.165) is 11.3 Å². The Morgan fingerprint density at radius 2 is 1.83 bits per heavy atom. The van der Waals surface area contributed by atoms with E-state index in [1.54, 1.807) is 13.2 Å². The molecular formula is C20H22BrNO6S. The lowest BCUT2D eigenvalue weighted by atomic mass is 10.1. The van der Waals surface area contributed by atoms with Gasteiger partial charge in [-0.3, -0.25) is 0 Å². The predicted octanol–water partition coefficient (Wildman–Crippen LogP) is 2.88. The molecule has 0 N–H and O–H groups in total. The highest BCUT2D eigenvalue weighted by Crippen LogP contribution is 2.27. The molecule has 1 aliphatic rings. The molecule has 0 saturated carbocycles. The maximum absolute atomic E-state index is 12.9. The minimum absolute atomic E-state index is 0.0454. The van der Waals surface area contributed by atoms with E-state index in [2.05, 4.69) is 15.9 Å². The molecule has 156 valence electrons. The van der Waals surface area contributed by atoms with Gasteiger partial charge in [0.25, 0.3) is 0 Å². The van der Waals surface area contributed by atoms with Crippen molar-refractivity contribution in [2.45, 2.75) is 11.3 Å². The molecule has 0 atom stereocenters. The monoisotopic (exact) mass is 483 g/mol. The van der Waals surface area contributed by atoms with Crippen LogP contribution in [0, 0.1) is 0 Å². The van der Waals surface area contributed by atoms with Crippen molar-refractivity contribution in [1.29, 1.82) is 0 Å². The van der Waals surface area contributed by atoms with Gasteiger partial charge >= 0.3 is 5.97 Å². The summed E-state index contributed by atoms with van der Waals surface area (Å²) < 4.78 is 43.2. The number of esters is 1. The fraction of sp³-hybridized carbons (Fsp3) is 0.350. The van der Waals surface area contributed by atoms with Crippen LogP contribution >= 0.6 is 15.9 Å². The van der Waals surface area contributed by atoms with Crippen molar-refractivity contribution in [1.82, 2.24) is 4.31 Å². The van der Waals surface area contributed by atoms with E-state index in [1.165, 1.54) is 16.4 Å². The Morgan fingerprint density at radius 3 is 2.48 bits per heavy atom. The molecule has 0 aromatic heterocycles. The van der Waals surface area contributed by atoms with E-state index in [9.17, 15) is 13.2 Å². The highest BCUT2D eigenvalue weighted by molar-refractivity contribution is 9.10. The van der Waals surface area contributed by atoms with Gasteiger partial charge < -0.3 is 14.2 Å². The maximum Gasteiger partial charge on any atom is 0.338 e. The predicted molar refractivity (Wildman–Crippen MR) is 111 cm³/mol. The summed E-state index contributed by atoms with van der Waals surface area (Å²) in [6.45, 7) is 1.46. The lowest BCUT2D eigenvalue weighted by Gasteiger charge is -2.26. The average molecular weight is 484 g/mol. The number of methoxy groups -OCH3 is 1. The smallest absolute Gasteiger partial charge is 0.338 e. The summed E-state index contributed by atoms with van der Waals surface area (Å²) in [6, 6.07) is 11.9. The number of hydrogen-bond acceptors (Lipinski definition) is 6. The Morgan fingerprint density at radius 1 is 1.14 bits per heavy atom. The second-order valence-corrected chi connectivity index (χ2v) is 9.16. The van der Waals surface area contributed by atoms with Crippen LogP contribution < -0.4 is 4.74 Å². The maximum atomic E-state index is 12.9. The van der Waals surface area contributed by atoms with E-state index in [-0.39, 0.29) is 30.2 Å². The molecule has 1 fully saturated rings. The van der Waals surface area contributed by atoms with E-state index in [0.29, 0.717) is 24.1 Å². The van der Waals surface area contributed by atoms with Crippen LogP contribution in [0.15, 0.2) is 51.8 Å². The minimum atomic E-state index is -3.73. The van der Waals surface area contributed by atoms with Crippen LogP contribution in [0.25, 0.3) is 0 Å². The number of rotatable bonds is 7. The van der Waals surface area contributed by atoms with Crippen LogP contribution in [0.3, 0.4) is 0 Å². The molecular weight excluding hydrogens is 462 g/mol. The molecule has 7 nitrogen and oxygen atoms in total. The van der Waals surface area contributed by atoms with Crippen LogP contribution in [-0.2, 0) is 25.9 Å². The zero-order valence-corrected chi connectivity index (χ0v) is 18.4. The van der Waals surface area contributed by atoms with E-state index < -0.39 is 16.0 Å². The van der Waals surface area contributed by atoms with Crippen molar-refractivity contribution >= 4 is 31.9 Å². The van der Waals surface area contributed by atoms with Gasteiger partial charge in [-0.2, -0.15) is 4.31 Å². The van der Waals surface area contributed by atoms with Crippen LogP contribution in [0.2, 0.25) is 0 Å². The van der Waals surface area contributed by atoms with Crippen molar-refractivity contribution in [3.05, 3.63) is 58.1 Å². The van der Waals surface area contributed by atoms with Crippen molar-refractivity contribution in [2.75, 3.05) is 40.0 Å². The molecule has 0 unspecified atom stereocenters. The Kier molecular flexibility index (Phi) is 7.28. The molecule has 2 aromatic carbocycles. The number of morpholine rings is 1. The number of sulfonamides is 1. The van der Waals surface area contributed by atoms with E-state index >= 15 is 0 Å². The summed E-state index contributed by atoms with van der Waals surface area (Å²) in [7, 11) is -2.13. The molecule has 2 aromatic rings. The van der Waals surface area contributed by atoms with Gasteiger partial charge in [0.15, 0.2) is 0 Å². The largest absolute Gasteiger partial charge is 0.497 e. The van der Waals surface area contributed by atoms with Crippen molar-refractivity contribution in [3.8, 4) is 5.75 Å². The molecule has 3 rings (SSSR count). The summed E-state index contributed by atoms with van der Waals surface area (Å²) in [6.07, 6.45) is 0.547. The first-order chi connectivity index (χ1) is 13.9. The minimum Gasteiger partial charge on any atom is -0.497 e. The number of halogens is 1. The number of ether oxygens (including phenoxy) is 3. The average Bonchev–Trinajstić information content (AvgIpc) is 2.75. The zero-order valence-electron chi connectivity index (χ0n) is 16.0. The van der Waals surface area contributed by atoms with Crippen molar-refractivity contribution < 1.29 is 27.4 Å². The van der Waals surface area contributed by atoms with Crippen LogP contribution in [0.1, 0.15) is 15.9 Å². The number of nitrogens with zero attached hydrogens (tertiary/aromatic N) is 1. The van der Waals surface area contributed by atoms with Gasteiger partial charge in [0, 0.05) is 24.0 Å². The summed E-state index contributed by atoms with van der Waals surface area (Å²) >= 11 is 3.28. The molecule has 0 aliphatic carbocycles. The quantitative estimate of drug-likeness (QED) is 0.563. The fourth-order valence-electron chi connectivity index (χ4n) is 2.89.